The van der Waals surface area contributed by atoms with Gasteiger partial charge in [-0.05, 0) is 80.2 Å². The summed E-state index contributed by atoms with van der Waals surface area (Å²) in [5, 5.41) is 3.98. The fraction of sp³-hybridized carbons (Fsp3) is 0.636. The molecule has 4 nitrogen and oxygen atoms in total. The quantitative estimate of drug-likeness (QED) is 0.710. The molecule has 4 saturated carbocycles. The summed E-state index contributed by atoms with van der Waals surface area (Å²) in [6, 6.07) is 8.05. The minimum Gasteiger partial charge on any atom is -0.431 e. The molecule has 0 saturated heterocycles. The number of carbonyl (C=O) groups is 1. The van der Waals surface area contributed by atoms with E-state index in [1.54, 1.807) is 0 Å². The molecule has 2 aromatic rings. The standard InChI is InChI=1S/C22H28N2O2S/c1-2-19(22-10-14-7-15(11-22)9-16(8-14)12-22)24-20(25)13-27-21-23-17-5-3-4-6-18(17)26-21/h3-6,14-16,19H,2,7-13H2,1H3,(H,24,25). The third kappa shape index (κ3) is 3.28. The lowest BCUT2D eigenvalue weighted by Crippen LogP contribution is -2.57. The number of rotatable bonds is 6. The van der Waals surface area contributed by atoms with Crippen LogP contribution in [0.3, 0.4) is 0 Å². The van der Waals surface area contributed by atoms with Crippen molar-refractivity contribution >= 4 is 28.8 Å². The van der Waals surface area contributed by atoms with Crippen molar-refractivity contribution in [1.29, 1.82) is 0 Å². The molecule has 5 heteroatoms. The number of fused-ring (bicyclic) bond motifs is 1. The number of nitrogens with zero attached hydrogens (tertiary/aromatic N) is 1. The number of nitrogens with one attached hydrogen (secondary N) is 1. The zero-order chi connectivity index (χ0) is 18.4. The van der Waals surface area contributed by atoms with Crippen molar-refractivity contribution in [2.45, 2.75) is 63.1 Å². The molecule has 4 fully saturated rings. The smallest absolute Gasteiger partial charge is 0.257 e. The van der Waals surface area contributed by atoms with Crippen LogP contribution in [0.25, 0.3) is 11.1 Å². The van der Waals surface area contributed by atoms with Gasteiger partial charge in [0.15, 0.2) is 5.58 Å². The Labute approximate surface area is 164 Å². The third-order valence-electron chi connectivity index (χ3n) is 7.17. The number of thioether (sulfide) groups is 1. The van der Waals surface area contributed by atoms with E-state index in [1.165, 1.54) is 50.3 Å². The second-order valence-corrected chi connectivity index (χ2v) is 9.97. The number of para-hydroxylation sites is 2. The summed E-state index contributed by atoms with van der Waals surface area (Å²) < 4.78 is 5.72. The van der Waals surface area contributed by atoms with Crippen LogP contribution in [-0.4, -0.2) is 22.7 Å². The second-order valence-electron chi connectivity index (χ2n) is 9.04. The van der Waals surface area contributed by atoms with Gasteiger partial charge in [0, 0.05) is 6.04 Å². The maximum Gasteiger partial charge on any atom is 0.257 e. The topological polar surface area (TPSA) is 55.1 Å². The van der Waals surface area contributed by atoms with Crippen LogP contribution in [0.4, 0.5) is 0 Å². The first kappa shape index (κ1) is 17.6. The molecule has 4 bridgehead atoms. The Morgan fingerprint density at radius 2 is 1.89 bits per heavy atom. The summed E-state index contributed by atoms with van der Waals surface area (Å²) in [5.41, 5.74) is 1.99. The number of benzene rings is 1. The maximum absolute atomic E-state index is 12.7. The summed E-state index contributed by atoms with van der Waals surface area (Å²) in [6.07, 6.45) is 9.35. The highest BCUT2D eigenvalue weighted by molar-refractivity contribution is 7.99. The number of hydrogen-bond acceptors (Lipinski definition) is 4. The zero-order valence-electron chi connectivity index (χ0n) is 15.9. The molecule has 4 aliphatic rings. The van der Waals surface area contributed by atoms with Gasteiger partial charge in [-0.3, -0.25) is 4.79 Å². The van der Waals surface area contributed by atoms with Crippen LogP contribution >= 0.6 is 11.8 Å². The number of carbonyl (C=O) groups excluding carboxylic acids is 1. The Morgan fingerprint density at radius 1 is 1.22 bits per heavy atom. The third-order valence-corrected chi connectivity index (χ3v) is 8.00. The second kappa shape index (κ2) is 6.84. The van der Waals surface area contributed by atoms with Gasteiger partial charge < -0.3 is 9.73 Å². The Morgan fingerprint density at radius 3 is 2.52 bits per heavy atom. The van der Waals surface area contributed by atoms with Crippen molar-refractivity contribution in [1.82, 2.24) is 10.3 Å². The van der Waals surface area contributed by atoms with Crippen LogP contribution in [0.15, 0.2) is 33.9 Å². The summed E-state index contributed by atoms with van der Waals surface area (Å²) in [6.45, 7) is 2.23. The van der Waals surface area contributed by atoms with Gasteiger partial charge in [-0.25, -0.2) is 4.98 Å². The van der Waals surface area contributed by atoms with Crippen molar-refractivity contribution in [3.05, 3.63) is 24.3 Å². The molecular formula is C22H28N2O2S. The highest BCUT2D eigenvalue weighted by Crippen LogP contribution is 2.61. The first-order valence-electron chi connectivity index (χ1n) is 10.4. The maximum atomic E-state index is 12.7. The molecule has 1 aromatic carbocycles. The molecule has 1 aromatic heterocycles. The Kier molecular flexibility index (Phi) is 4.46. The van der Waals surface area contributed by atoms with Crippen LogP contribution in [0.2, 0.25) is 0 Å². The van der Waals surface area contributed by atoms with Gasteiger partial charge >= 0.3 is 0 Å². The monoisotopic (exact) mass is 384 g/mol. The SMILES string of the molecule is CCC(NC(=O)CSc1nc2ccccc2o1)C12CC3CC(CC(C3)C1)C2. The van der Waals surface area contributed by atoms with Crippen LogP contribution in [0, 0.1) is 23.2 Å². The molecule has 0 spiro atoms. The fourth-order valence-electron chi connectivity index (χ4n) is 6.57. The first-order chi connectivity index (χ1) is 13.1. The van der Waals surface area contributed by atoms with Gasteiger partial charge in [0.25, 0.3) is 5.22 Å². The van der Waals surface area contributed by atoms with E-state index in [1.807, 2.05) is 24.3 Å². The molecule has 1 amide bonds. The minimum atomic E-state index is 0.116. The van der Waals surface area contributed by atoms with E-state index in [0.29, 0.717) is 22.4 Å². The van der Waals surface area contributed by atoms with Crippen molar-refractivity contribution in [2.24, 2.45) is 23.2 Å². The van der Waals surface area contributed by atoms with E-state index < -0.39 is 0 Å². The summed E-state index contributed by atoms with van der Waals surface area (Å²) in [7, 11) is 0. The molecular weight excluding hydrogens is 356 g/mol. The minimum absolute atomic E-state index is 0.116. The lowest BCUT2D eigenvalue weighted by molar-refractivity contribution is -0.124. The van der Waals surface area contributed by atoms with E-state index in [9.17, 15) is 4.79 Å². The Hall–Kier alpha value is -1.49. The van der Waals surface area contributed by atoms with Gasteiger partial charge in [-0.15, -0.1) is 0 Å². The van der Waals surface area contributed by atoms with E-state index in [2.05, 4.69) is 17.2 Å². The molecule has 6 rings (SSSR count). The zero-order valence-corrected chi connectivity index (χ0v) is 16.8. The van der Waals surface area contributed by atoms with Gasteiger partial charge in [0.2, 0.25) is 5.91 Å². The molecule has 0 aliphatic heterocycles. The van der Waals surface area contributed by atoms with Gasteiger partial charge in [-0.2, -0.15) is 0 Å². The average molecular weight is 385 g/mol. The summed E-state index contributed by atoms with van der Waals surface area (Å²) >= 11 is 1.39. The van der Waals surface area contributed by atoms with Crippen molar-refractivity contribution in [3.8, 4) is 0 Å². The molecule has 144 valence electrons. The molecule has 1 heterocycles. The van der Waals surface area contributed by atoms with Crippen LogP contribution < -0.4 is 5.32 Å². The van der Waals surface area contributed by atoms with Gasteiger partial charge in [-0.1, -0.05) is 30.8 Å². The lowest BCUT2D eigenvalue weighted by atomic mass is 9.47. The van der Waals surface area contributed by atoms with E-state index in [4.69, 9.17) is 4.42 Å². The van der Waals surface area contributed by atoms with E-state index in [0.717, 1.165) is 35.3 Å². The highest BCUT2D eigenvalue weighted by atomic mass is 32.2. The Bertz CT molecular complexity index is 777. The van der Waals surface area contributed by atoms with Crippen LogP contribution in [0.1, 0.15) is 51.9 Å². The van der Waals surface area contributed by atoms with E-state index in [-0.39, 0.29) is 5.91 Å². The largest absolute Gasteiger partial charge is 0.431 e. The predicted molar refractivity (Wildman–Crippen MR) is 108 cm³/mol. The molecule has 4 aliphatic carbocycles. The number of hydrogen-bond donors (Lipinski definition) is 1. The molecule has 1 unspecified atom stereocenters. The highest BCUT2D eigenvalue weighted by Gasteiger charge is 2.53. The first-order valence-corrected chi connectivity index (χ1v) is 11.4. The lowest BCUT2D eigenvalue weighted by Gasteiger charge is -2.59. The van der Waals surface area contributed by atoms with E-state index >= 15 is 0 Å². The molecule has 1 N–H and O–H groups in total. The normalized spacial score (nSPS) is 32.7. The average Bonchev–Trinajstić information content (AvgIpc) is 3.06. The number of oxazole rings is 1. The fourth-order valence-corrected chi connectivity index (χ4v) is 7.22. The summed E-state index contributed by atoms with van der Waals surface area (Å²) in [5.74, 6) is 3.23. The predicted octanol–water partition coefficient (Wildman–Crippen LogP) is 5.03. The van der Waals surface area contributed by atoms with Crippen molar-refractivity contribution in [2.75, 3.05) is 5.75 Å². The van der Waals surface area contributed by atoms with Crippen molar-refractivity contribution in [3.63, 3.8) is 0 Å². The van der Waals surface area contributed by atoms with Gasteiger partial charge in [0.1, 0.15) is 5.52 Å². The number of amides is 1. The molecule has 0 radical (unpaired) electrons. The molecule has 27 heavy (non-hydrogen) atoms. The Balaban J connectivity index is 1.23. The molecule has 1 atom stereocenters. The summed E-state index contributed by atoms with van der Waals surface area (Å²) in [4.78, 5) is 17.1. The van der Waals surface area contributed by atoms with Crippen LogP contribution in [-0.2, 0) is 4.79 Å². The van der Waals surface area contributed by atoms with Crippen molar-refractivity contribution < 1.29 is 9.21 Å². The number of aromatic nitrogens is 1. The van der Waals surface area contributed by atoms with Gasteiger partial charge in [0.05, 0.1) is 5.75 Å². The van der Waals surface area contributed by atoms with Crippen LogP contribution in [0.5, 0.6) is 0 Å².